The van der Waals surface area contributed by atoms with Crippen LogP contribution in [0.1, 0.15) is 35.7 Å². The first-order valence-electron chi connectivity index (χ1n) is 9.52. The summed E-state index contributed by atoms with van der Waals surface area (Å²) in [4.78, 5) is 22.6. The SMILES string of the molecule is Cc1cccc(OCC(=O)N2CCC(c3nc4ccc(C)cc4[nH]3)CC2)c1. The number of aryl methyl sites for hydroxylation is 2. The van der Waals surface area contributed by atoms with E-state index in [2.05, 4.69) is 30.1 Å². The monoisotopic (exact) mass is 363 g/mol. The molecule has 1 fully saturated rings. The van der Waals surface area contributed by atoms with Crippen LogP contribution in [0.4, 0.5) is 0 Å². The van der Waals surface area contributed by atoms with Crippen LogP contribution in [0.5, 0.6) is 5.75 Å². The number of H-pyrrole nitrogens is 1. The molecule has 140 valence electrons. The highest BCUT2D eigenvalue weighted by Gasteiger charge is 2.26. The average Bonchev–Trinajstić information content (AvgIpc) is 3.09. The number of carbonyl (C=O) groups excluding carboxylic acids is 1. The van der Waals surface area contributed by atoms with Crippen LogP contribution in [-0.2, 0) is 4.79 Å². The summed E-state index contributed by atoms with van der Waals surface area (Å²) >= 11 is 0. The van der Waals surface area contributed by atoms with Crippen molar-refractivity contribution in [3.05, 3.63) is 59.4 Å². The van der Waals surface area contributed by atoms with E-state index in [1.165, 1.54) is 5.56 Å². The zero-order valence-corrected chi connectivity index (χ0v) is 15.9. The Hall–Kier alpha value is -2.82. The molecule has 0 radical (unpaired) electrons. The molecule has 0 spiro atoms. The summed E-state index contributed by atoms with van der Waals surface area (Å²) in [7, 11) is 0. The number of aromatic amines is 1. The van der Waals surface area contributed by atoms with Gasteiger partial charge in [0.25, 0.3) is 5.91 Å². The molecule has 1 aromatic heterocycles. The van der Waals surface area contributed by atoms with Gasteiger partial charge in [-0.25, -0.2) is 4.98 Å². The van der Waals surface area contributed by atoms with E-state index in [-0.39, 0.29) is 12.5 Å². The third kappa shape index (κ3) is 3.97. The van der Waals surface area contributed by atoms with Gasteiger partial charge in [0.15, 0.2) is 6.61 Å². The summed E-state index contributed by atoms with van der Waals surface area (Å²) < 4.78 is 5.65. The zero-order valence-electron chi connectivity index (χ0n) is 15.9. The molecule has 0 atom stereocenters. The Morgan fingerprint density at radius 1 is 1.15 bits per heavy atom. The highest BCUT2D eigenvalue weighted by atomic mass is 16.5. The lowest BCUT2D eigenvalue weighted by molar-refractivity contribution is -0.134. The van der Waals surface area contributed by atoms with Crippen molar-refractivity contribution >= 4 is 16.9 Å². The number of carbonyl (C=O) groups is 1. The number of nitrogens with one attached hydrogen (secondary N) is 1. The van der Waals surface area contributed by atoms with E-state index in [4.69, 9.17) is 9.72 Å². The number of hydrogen-bond donors (Lipinski definition) is 1. The Morgan fingerprint density at radius 3 is 2.70 bits per heavy atom. The van der Waals surface area contributed by atoms with Gasteiger partial charge in [-0.05, 0) is 62.1 Å². The number of piperidine rings is 1. The summed E-state index contributed by atoms with van der Waals surface area (Å²) in [5, 5.41) is 0. The molecule has 0 saturated carbocycles. The van der Waals surface area contributed by atoms with E-state index < -0.39 is 0 Å². The highest BCUT2D eigenvalue weighted by Crippen LogP contribution is 2.28. The lowest BCUT2D eigenvalue weighted by Gasteiger charge is -2.31. The summed E-state index contributed by atoms with van der Waals surface area (Å²) in [6.07, 6.45) is 1.85. The first-order chi connectivity index (χ1) is 13.1. The van der Waals surface area contributed by atoms with Crippen molar-refractivity contribution in [3.63, 3.8) is 0 Å². The van der Waals surface area contributed by atoms with Crippen LogP contribution in [-0.4, -0.2) is 40.5 Å². The van der Waals surface area contributed by atoms with Crippen molar-refractivity contribution in [2.45, 2.75) is 32.6 Å². The largest absolute Gasteiger partial charge is 0.484 e. The molecule has 0 unspecified atom stereocenters. The summed E-state index contributed by atoms with van der Waals surface area (Å²) in [5.74, 6) is 2.21. The lowest BCUT2D eigenvalue weighted by Crippen LogP contribution is -2.40. The summed E-state index contributed by atoms with van der Waals surface area (Å²) in [6.45, 7) is 5.69. The van der Waals surface area contributed by atoms with Crippen LogP contribution >= 0.6 is 0 Å². The van der Waals surface area contributed by atoms with Gasteiger partial charge in [-0.15, -0.1) is 0 Å². The second-order valence-corrected chi connectivity index (χ2v) is 7.40. The molecule has 2 heterocycles. The number of nitrogens with zero attached hydrogens (tertiary/aromatic N) is 2. The lowest BCUT2D eigenvalue weighted by atomic mass is 9.96. The van der Waals surface area contributed by atoms with Crippen LogP contribution in [0.3, 0.4) is 0 Å². The van der Waals surface area contributed by atoms with Crippen molar-refractivity contribution in [2.24, 2.45) is 0 Å². The van der Waals surface area contributed by atoms with E-state index in [0.29, 0.717) is 5.92 Å². The molecule has 1 aliphatic heterocycles. The van der Waals surface area contributed by atoms with E-state index in [1.807, 2.05) is 36.1 Å². The molecule has 1 amide bonds. The van der Waals surface area contributed by atoms with Gasteiger partial charge in [0.2, 0.25) is 0 Å². The zero-order chi connectivity index (χ0) is 18.8. The standard InChI is InChI=1S/C22H25N3O2/c1-15-4-3-5-18(12-15)27-14-21(26)25-10-8-17(9-11-25)22-23-19-7-6-16(2)13-20(19)24-22/h3-7,12-13,17H,8-11,14H2,1-2H3,(H,23,24). The summed E-state index contributed by atoms with van der Waals surface area (Å²) in [6, 6.07) is 14.1. The number of hydrogen-bond acceptors (Lipinski definition) is 3. The molecule has 1 saturated heterocycles. The van der Waals surface area contributed by atoms with Crippen molar-refractivity contribution < 1.29 is 9.53 Å². The normalized spacial score (nSPS) is 15.3. The maximum absolute atomic E-state index is 12.5. The number of rotatable bonds is 4. The Kier molecular flexibility index (Phi) is 4.84. The fourth-order valence-corrected chi connectivity index (χ4v) is 3.68. The first-order valence-corrected chi connectivity index (χ1v) is 9.52. The molecule has 0 aliphatic carbocycles. The van der Waals surface area contributed by atoms with Gasteiger partial charge in [0, 0.05) is 19.0 Å². The van der Waals surface area contributed by atoms with Crippen molar-refractivity contribution in [2.75, 3.05) is 19.7 Å². The van der Waals surface area contributed by atoms with Crippen LogP contribution < -0.4 is 4.74 Å². The number of likely N-dealkylation sites (tertiary alicyclic amines) is 1. The molecule has 4 rings (SSSR count). The fraction of sp³-hybridized carbons (Fsp3) is 0.364. The molecule has 5 nitrogen and oxygen atoms in total. The van der Waals surface area contributed by atoms with E-state index >= 15 is 0 Å². The number of aromatic nitrogens is 2. The van der Waals surface area contributed by atoms with Gasteiger partial charge in [0.1, 0.15) is 11.6 Å². The molecule has 3 aromatic rings. The minimum absolute atomic E-state index is 0.0511. The Morgan fingerprint density at radius 2 is 1.93 bits per heavy atom. The molecular weight excluding hydrogens is 338 g/mol. The van der Waals surface area contributed by atoms with Gasteiger partial charge in [-0.2, -0.15) is 0 Å². The second-order valence-electron chi connectivity index (χ2n) is 7.40. The minimum atomic E-state index is 0.0511. The number of fused-ring (bicyclic) bond motifs is 1. The Bertz CT molecular complexity index is 955. The fourth-order valence-electron chi connectivity index (χ4n) is 3.68. The minimum Gasteiger partial charge on any atom is -0.484 e. The molecule has 1 aliphatic rings. The van der Waals surface area contributed by atoms with Gasteiger partial charge in [0.05, 0.1) is 11.0 Å². The van der Waals surface area contributed by atoms with Crippen LogP contribution in [0, 0.1) is 13.8 Å². The molecule has 2 aromatic carbocycles. The van der Waals surface area contributed by atoms with E-state index in [0.717, 1.165) is 54.1 Å². The third-order valence-electron chi connectivity index (χ3n) is 5.24. The van der Waals surface area contributed by atoms with Gasteiger partial charge < -0.3 is 14.6 Å². The van der Waals surface area contributed by atoms with Crippen LogP contribution in [0.25, 0.3) is 11.0 Å². The second kappa shape index (κ2) is 7.43. The van der Waals surface area contributed by atoms with Crippen LogP contribution in [0.2, 0.25) is 0 Å². The molecule has 1 N–H and O–H groups in total. The molecule has 5 heteroatoms. The van der Waals surface area contributed by atoms with Gasteiger partial charge in [-0.3, -0.25) is 4.79 Å². The van der Waals surface area contributed by atoms with Gasteiger partial charge in [-0.1, -0.05) is 18.2 Å². The Labute approximate surface area is 159 Å². The number of imidazole rings is 1. The predicted molar refractivity (Wildman–Crippen MR) is 106 cm³/mol. The van der Waals surface area contributed by atoms with Crippen LogP contribution in [0.15, 0.2) is 42.5 Å². The number of benzene rings is 2. The first kappa shape index (κ1) is 17.6. The van der Waals surface area contributed by atoms with Gasteiger partial charge >= 0.3 is 0 Å². The number of ether oxygens (including phenoxy) is 1. The number of amides is 1. The van der Waals surface area contributed by atoms with Crippen molar-refractivity contribution in [1.82, 2.24) is 14.9 Å². The third-order valence-corrected chi connectivity index (χ3v) is 5.24. The molecule has 0 bridgehead atoms. The predicted octanol–water partition coefficient (Wildman–Crippen LogP) is 3.96. The smallest absolute Gasteiger partial charge is 0.260 e. The average molecular weight is 363 g/mol. The van der Waals surface area contributed by atoms with Crippen molar-refractivity contribution in [1.29, 1.82) is 0 Å². The summed E-state index contributed by atoms with van der Waals surface area (Å²) in [5.41, 5.74) is 4.46. The molecular formula is C22H25N3O2. The topological polar surface area (TPSA) is 58.2 Å². The van der Waals surface area contributed by atoms with Crippen molar-refractivity contribution in [3.8, 4) is 5.75 Å². The van der Waals surface area contributed by atoms with E-state index in [1.54, 1.807) is 0 Å². The highest BCUT2D eigenvalue weighted by molar-refractivity contribution is 5.78. The maximum Gasteiger partial charge on any atom is 0.260 e. The Balaban J connectivity index is 1.33. The molecule has 27 heavy (non-hydrogen) atoms. The maximum atomic E-state index is 12.5. The quantitative estimate of drug-likeness (QED) is 0.763. The van der Waals surface area contributed by atoms with E-state index in [9.17, 15) is 4.79 Å².